The van der Waals surface area contributed by atoms with Crippen LogP contribution in [0.1, 0.15) is 18.1 Å². The first-order valence-electron chi connectivity index (χ1n) is 11.4. The third-order valence-electron chi connectivity index (χ3n) is 5.20. The molecule has 0 aliphatic heterocycles. The average molecular weight is 559 g/mol. The van der Waals surface area contributed by atoms with E-state index in [-0.39, 0.29) is 25.6 Å². The number of hydrogen-bond acceptors (Lipinski definition) is 9. The molecular weight excluding hydrogens is 535 g/mol. The number of anilines is 2. The van der Waals surface area contributed by atoms with Crippen molar-refractivity contribution in [2.75, 3.05) is 24.8 Å². The van der Waals surface area contributed by atoms with Crippen LogP contribution in [0.15, 0.2) is 72.1 Å². The Morgan fingerprint density at radius 2 is 1.92 bits per heavy atom. The van der Waals surface area contributed by atoms with E-state index >= 15 is 0 Å². The van der Waals surface area contributed by atoms with Crippen LogP contribution in [0.2, 0.25) is 5.02 Å². The minimum Gasteiger partial charge on any atom is -0.487 e. The lowest BCUT2D eigenvalue weighted by Crippen LogP contribution is -2.08. The van der Waals surface area contributed by atoms with E-state index in [1.807, 2.05) is 18.2 Å². The van der Waals surface area contributed by atoms with Gasteiger partial charge in [-0.15, -0.1) is 0 Å². The normalized spacial score (nSPS) is 11.9. The van der Waals surface area contributed by atoms with Gasteiger partial charge >= 0.3 is 0 Å². The maximum absolute atomic E-state index is 13.4. The van der Waals surface area contributed by atoms with Gasteiger partial charge in [0.15, 0.2) is 0 Å². The lowest BCUT2D eigenvalue weighted by molar-refractivity contribution is 0.109. The summed E-state index contributed by atoms with van der Waals surface area (Å²) in [5, 5.41) is 8.40. The maximum Gasteiger partial charge on any atom is 0.264 e. The van der Waals surface area contributed by atoms with Gasteiger partial charge in [-0.1, -0.05) is 35.0 Å². The number of oxime groups is 1. The van der Waals surface area contributed by atoms with Gasteiger partial charge in [-0.3, -0.25) is 4.18 Å². The molecule has 3 aromatic carbocycles. The Bertz CT molecular complexity index is 1580. The van der Waals surface area contributed by atoms with Gasteiger partial charge in [0.05, 0.1) is 22.5 Å². The molecular formula is C26H24ClFN4O5S. The minimum absolute atomic E-state index is 0.0172. The molecule has 0 aliphatic carbocycles. The molecule has 4 rings (SSSR count). The number of ether oxygens (including phenoxy) is 1. The third-order valence-corrected chi connectivity index (χ3v) is 6.09. The Labute approximate surface area is 224 Å². The summed E-state index contributed by atoms with van der Waals surface area (Å²) in [7, 11) is -3.53. The maximum atomic E-state index is 13.4. The molecule has 0 unspecified atom stereocenters. The van der Waals surface area contributed by atoms with Crippen LogP contribution in [0.4, 0.5) is 15.9 Å². The van der Waals surface area contributed by atoms with Crippen LogP contribution < -0.4 is 10.1 Å². The first-order chi connectivity index (χ1) is 18.2. The van der Waals surface area contributed by atoms with Gasteiger partial charge < -0.3 is 14.9 Å². The summed E-state index contributed by atoms with van der Waals surface area (Å²) >= 11 is 6.43. The van der Waals surface area contributed by atoms with Crippen molar-refractivity contribution in [2.45, 2.75) is 13.5 Å². The highest BCUT2D eigenvalue weighted by molar-refractivity contribution is 7.85. The number of benzene rings is 3. The van der Waals surface area contributed by atoms with E-state index in [1.165, 1.54) is 18.5 Å². The Balaban J connectivity index is 1.46. The largest absolute Gasteiger partial charge is 0.487 e. The predicted octanol–water partition coefficient (Wildman–Crippen LogP) is 5.46. The second kappa shape index (κ2) is 12.2. The van der Waals surface area contributed by atoms with Crippen LogP contribution in [0.25, 0.3) is 10.9 Å². The van der Waals surface area contributed by atoms with Crippen molar-refractivity contribution in [1.82, 2.24) is 9.97 Å². The van der Waals surface area contributed by atoms with E-state index in [4.69, 9.17) is 21.2 Å². The van der Waals surface area contributed by atoms with Crippen molar-refractivity contribution < 1.29 is 26.6 Å². The molecule has 0 saturated heterocycles. The summed E-state index contributed by atoms with van der Waals surface area (Å²) in [6.07, 6.45) is 2.42. The monoisotopic (exact) mass is 558 g/mol. The molecule has 0 spiro atoms. The van der Waals surface area contributed by atoms with Crippen LogP contribution in [-0.4, -0.2) is 43.6 Å². The molecule has 0 atom stereocenters. The van der Waals surface area contributed by atoms with Crippen molar-refractivity contribution >= 4 is 49.8 Å². The summed E-state index contributed by atoms with van der Waals surface area (Å²) in [4.78, 5) is 13.9. The standard InChI is InChI=1S/C26H24ClFN4O5S/c1-17(32-36-10-11-37-38(2,33)34)19-6-8-24-22(13-19)26(30-16-29-24)31-21-7-9-25(23(27)14-21)35-15-18-4-3-5-20(28)12-18/h3-9,12-14,16H,10-11,15H2,1-2H3,(H,29,30,31)/b32-17+. The highest BCUT2D eigenvalue weighted by atomic mass is 35.5. The molecule has 12 heteroatoms. The molecule has 0 fully saturated rings. The Hall–Kier alpha value is -3.80. The fourth-order valence-corrected chi connectivity index (χ4v) is 4.03. The molecule has 4 aromatic rings. The molecule has 9 nitrogen and oxygen atoms in total. The van der Waals surface area contributed by atoms with Crippen LogP contribution in [-0.2, 0) is 25.7 Å². The zero-order valence-corrected chi connectivity index (χ0v) is 22.1. The number of hydrogen-bond donors (Lipinski definition) is 1. The number of rotatable bonds is 11. The summed E-state index contributed by atoms with van der Waals surface area (Å²) in [6.45, 7) is 1.79. The highest BCUT2D eigenvalue weighted by Gasteiger charge is 2.10. The van der Waals surface area contributed by atoms with E-state index in [0.717, 1.165) is 17.2 Å². The number of nitrogens with one attached hydrogen (secondary N) is 1. The molecule has 0 bridgehead atoms. The van der Waals surface area contributed by atoms with Gasteiger partial charge in [0.2, 0.25) is 0 Å². The molecule has 0 radical (unpaired) electrons. The van der Waals surface area contributed by atoms with Crippen molar-refractivity contribution in [3.05, 3.63) is 89.0 Å². The molecule has 0 aliphatic rings. The van der Waals surface area contributed by atoms with E-state index in [2.05, 4.69) is 24.6 Å². The highest BCUT2D eigenvalue weighted by Crippen LogP contribution is 2.31. The SMILES string of the molecule is C/C(=N\OCCOS(C)(=O)=O)c1ccc2ncnc(Nc3ccc(OCc4cccc(F)c4)c(Cl)c3)c2c1. The lowest BCUT2D eigenvalue weighted by atomic mass is 10.1. The van der Waals surface area contributed by atoms with E-state index in [9.17, 15) is 12.8 Å². The van der Waals surface area contributed by atoms with Crippen molar-refractivity contribution in [2.24, 2.45) is 5.16 Å². The first-order valence-corrected chi connectivity index (χ1v) is 13.6. The summed E-state index contributed by atoms with van der Waals surface area (Å²) in [5.41, 5.74) is 3.42. The molecule has 0 amide bonds. The molecule has 1 heterocycles. The van der Waals surface area contributed by atoms with Gasteiger partial charge in [-0.25, -0.2) is 14.4 Å². The van der Waals surface area contributed by atoms with Gasteiger partial charge in [-0.2, -0.15) is 8.42 Å². The predicted molar refractivity (Wildman–Crippen MR) is 144 cm³/mol. The molecule has 1 aromatic heterocycles. The number of nitrogens with zero attached hydrogens (tertiary/aromatic N) is 3. The summed E-state index contributed by atoms with van der Waals surface area (Å²) < 4.78 is 45.8. The second-order valence-electron chi connectivity index (χ2n) is 8.18. The topological polar surface area (TPSA) is 112 Å². The van der Waals surface area contributed by atoms with Crippen LogP contribution in [0, 0.1) is 5.82 Å². The summed E-state index contributed by atoms with van der Waals surface area (Å²) in [5.74, 6) is 0.687. The smallest absolute Gasteiger partial charge is 0.264 e. The lowest BCUT2D eigenvalue weighted by Gasteiger charge is -2.12. The van der Waals surface area contributed by atoms with E-state index < -0.39 is 10.1 Å². The molecule has 198 valence electrons. The van der Waals surface area contributed by atoms with Crippen molar-refractivity contribution in [3.63, 3.8) is 0 Å². The zero-order valence-electron chi connectivity index (χ0n) is 20.5. The zero-order chi connectivity index (χ0) is 27.1. The van der Waals surface area contributed by atoms with Crippen molar-refractivity contribution in [3.8, 4) is 5.75 Å². The molecule has 38 heavy (non-hydrogen) atoms. The fourth-order valence-electron chi connectivity index (χ4n) is 3.42. The van der Waals surface area contributed by atoms with Crippen LogP contribution in [0.5, 0.6) is 5.75 Å². The number of halogens is 2. The van der Waals surface area contributed by atoms with Crippen molar-refractivity contribution in [1.29, 1.82) is 0 Å². The number of fused-ring (bicyclic) bond motifs is 1. The van der Waals surface area contributed by atoms with E-state index in [0.29, 0.717) is 39.1 Å². The first kappa shape index (κ1) is 27.2. The Kier molecular flexibility index (Phi) is 8.72. The quantitative estimate of drug-likeness (QED) is 0.112. The Morgan fingerprint density at radius 1 is 1.08 bits per heavy atom. The van der Waals surface area contributed by atoms with Gasteiger partial charge in [0.25, 0.3) is 10.1 Å². The van der Waals surface area contributed by atoms with Gasteiger partial charge in [0, 0.05) is 11.1 Å². The van der Waals surface area contributed by atoms with Crippen LogP contribution in [0.3, 0.4) is 0 Å². The van der Waals surface area contributed by atoms with Gasteiger partial charge in [0.1, 0.15) is 43.5 Å². The molecule has 0 saturated carbocycles. The average Bonchev–Trinajstić information content (AvgIpc) is 2.87. The fraction of sp³-hybridized carbons (Fsp3) is 0.192. The Morgan fingerprint density at radius 3 is 2.68 bits per heavy atom. The van der Waals surface area contributed by atoms with Crippen LogP contribution >= 0.6 is 11.6 Å². The minimum atomic E-state index is -3.53. The second-order valence-corrected chi connectivity index (χ2v) is 10.2. The van der Waals surface area contributed by atoms with Gasteiger partial charge in [-0.05, 0) is 60.5 Å². The molecule has 1 N–H and O–H groups in total. The van der Waals surface area contributed by atoms with E-state index in [1.54, 1.807) is 37.3 Å². The summed E-state index contributed by atoms with van der Waals surface area (Å²) in [6, 6.07) is 16.9. The third kappa shape index (κ3) is 7.60. The number of aromatic nitrogens is 2.